The molecule has 0 spiro atoms. The minimum absolute atomic E-state index is 0.0992. The minimum Gasteiger partial charge on any atom is -0.481 e. The van der Waals surface area contributed by atoms with Gasteiger partial charge in [-0.2, -0.15) is 0 Å². The first-order chi connectivity index (χ1) is 9.38. The molecule has 0 aromatic heterocycles. The molecule has 1 atom stereocenters. The fourth-order valence-electron chi connectivity index (χ4n) is 1.31. The number of nitrogens with one attached hydrogen (secondary N) is 1. The molecule has 1 rings (SSSR count). The Hall–Kier alpha value is -2.22. The zero-order chi connectivity index (χ0) is 15.1. The molecular weight excluding hydrogens is 284 g/mol. The van der Waals surface area contributed by atoms with Crippen LogP contribution in [0.25, 0.3) is 0 Å². The molecular formula is C12H14N2O5S. The van der Waals surface area contributed by atoms with Gasteiger partial charge in [0.1, 0.15) is 5.25 Å². The molecule has 0 aliphatic heterocycles. The lowest BCUT2D eigenvalue weighted by atomic mass is 10.3. The van der Waals surface area contributed by atoms with E-state index >= 15 is 0 Å². The molecule has 0 amide bonds. The van der Waals surface area contributed by atoms with Crippen LogP contribution in [0.3, 0.4) is 0 Å². The number of carbonyl (C=O) groups is 3. The third-order valence-electron chi connectivity index (χ3n) is 2.26. The maximum atomic E-state index is 11.6. The Bertz CT molecular complexity index is 503. The molecule has 0 radical (unpaired) electrons. The molecule has 1 aromatic carbocycles. The monoisotopic (exact) mass is 298 g/mol. The number of aliphatic carboxylic acids is 2. The normalized spacial score (nSPS) is 11.6. The second kappa shape index (κ2) is 7.39. The summed E-state index contributed by atoms with van der Waals surface area (Å²) in [7, 11) is 0. The Balaban J connectivity index is 2.47. The fourth-order valence-corrected chi connectivity index (χ4v) is 2.11. The number of carbonyl (C=O) groups excluding carboxylic acids is 1. The van der Waals surface area contributed by atoms with Gasteiger partial charge in [0, 0.05) is 11.4 Å². The molecule has 1 unspecified atom stereocenters. The number of hydrogen-bond donors (Lipinski definition) is 4. The lowest BCUT2D eigenvalue weighted by Crippen LogP contribution is -2.24. The zero-order valence-electron chi connectivity index (χ0n) is 10.4. The topological polar surface area (TPSA) is 130 Å². The van der Waals surface area contributed by atoms with Crippen molar-refractivity contribution >= 4 is 40.2 Å². The standard InChI is InChI=1S/C12H14N2O5S/c13-7-1-3-8(4-2-7)14-6-11(17)20-9(12(18)19)5-10(15)16/h1-4,9,14H,5-6,13H2,(H,15,16)(H,18,19). The summed E-state index contributed by atoms with van der Waals surface area (Å²) in [6.07, 6.45) is -0.604. The van der Waals surface area contributed by atoms with Crippen LogP contribution in [0.15, 0.2) is 24.3 Å². The molecule has 0 heterocycles. The van der Waals surface area contributed by atoms with Crippen molar-refractivity contribution < 1.29 is 24.6 Å². The van der Waals surface area contributed by atoms with E-state index < -0.39 is 28.7 Å². The molecule has 0 aliphatic carbocycles. The number of nitrogen functional groups attached to an aromatic ring is 1. The molecule has 0 bridgehead atoms. The maximum absolute atomic E-state index is 11.6. The lowest BCUT2D eigenvalue weighted by Gasteiger charge is -2.09. The van der Waals surface area contributed by atoms with Gasteiger partial charge in [0.2, 0.25) is 5.12 Å². The first kappa shape index (κ1) is 15.8. The molecule has 0 saturated carbocycles. The van der Waals surface area contributed by atoms with Crippen LogP contribution in [-0.4, -0.2) is 39.1 Å². The molecule has 5 N–H and O–H groups in total. The van der Waals surface area contributed by atoms with E-state index in [4.69, 9.17) is 15.9 Å². The maximum Gasteiger partial charge on any atom is 0.317 e. The molecule has 20 heavy (non-hydrogen) atoms. The average Bonchev–Trinajstić information content (AvgIpc) is 2.36. The zero-order valence-corrected chi connectivity index (χ0v) is 11.2. The Kier molecular flexibility index (Phi) is 5.85. The second-order valence-corrected chi connectivity index (χ2v) is 5.15. The number of anilines is 2. The predicted octanol–water partition coefficient (Wildman–Crippen LogP) is 0.868. The van der Waals surface area contributed by atoms with Crippen LogP contribution in [0.1, 0.15) is 6.42 Å². The van der Waals surface area contributed by atoms with Gasteiger partial charge in [-0.1, -0.05) is 11.8 Å². The number of benzene rings is 1. The van der Waals surface area contributed by atoms with Crippen LogP contribution < -0.4 is 11.1 Å². The van der Waals surface area contributed by atoms with E-state index in [2.05, 4.69) is 5.32 Å². The summed E-state index contributed by atoms with van der Waals surface area (Å²) in [6, 6.07) is 6.67. The van der Waals surface area contributed by atoms with Gasteiger partial charge in [-0.25, -0.2) is 0 Å². The Morgan fingerprint density at radius 3 is 2.30 bits per heavy atom. The van der Waals surface area contributed by atoms with Gasteiger partial charge >= 0.3 is 11.9 Å². The van der Waals surface area contributed by atoms with Crippen molar-refractivity contribution in [3.63, 3.8) is 0 Å². The van der Waals surface area contributed by atoms with E-state index in [1.165, 1.54) is 0 Å². The van der Waals surface area contributed by atoms with Gasteiger partial charge in [0.05, 0.1) is 13.0 Å². The quantitative estimate of drug-likeness (QED) is 0.545. The summed E-state index contributed by atoms with van der Waals surface area (Å²) in [5.74, 6) is -2.58. The SMILES string of the molecule is Nc1ccc(NCC(=O)SC(CC(=O)O)C(=O)O)cc1. The summed E-state index contributed by atoms with van der Waals surface area (Å²) in [5, 5.41) is 18.5. The Labute approximate surface area is 119 Å². The second-order valence-electron chi connectivity index (χ2n) is 3.89. The van der Waals surface area contributed by atoms with Crippen LogP contribution >= 0.6 is 11.8 Å². The largest absolute Gasteiger partial charge is 0.481 e. The van der Waals surface area contributed by atoms with Crippen molar-refractivity contribution in [1.82, 2.24) is 0 Å². The van der Waals surface area contributed by atoms with Gasteiger partial charge in [-0.05, 0) is 24.3 Å². The smallest absolute Gasteiger partial charge is 0.317 e. The van der Waals surface area contributed by atoms with Crippen molar-refractivity contribution in [3.05, 3.63) is 24.3 Å². The van der Waals surface area contributed by atoms with Gasteiger partial charge in [0.25, 0.3) is 0 Å². The molecule has 1 aromatic rings. The minimum atomic E-state index is -1.32. The van der Waals surface area contributed by atoms with Crippen molar-refractivity contribution in [2.24, 2.45) is 0 Å². The van der Waals surface area contributed by atoms with Gasteiger partial charge in [-0.15, -0.1) is 0 Å². The third kappa shape index (κ3) is 5.61. The van der Waals surface area contributed by atoms with Crippen LogP contribution in [0.4, 0.5) is 11.4 Å². The van der Waals surface area contributed by atoms with Crippen LogP contribution in [0.5, 0.6) is 0 Å². The van der Waals surface area contributed by atoms with E-state index in [-0.39, 0.29) is 6.54 Å². The molecule has 0 fully saturated rings. The number of nitrogens with two attached hydrogens (primary N) is 1. The summed E-state index contributed by atoms with van der Waals surface area (Å²) in [4.78, 5) is 32.9. The molecule has 108 valence electrons. The van der Waals surface area contributed by atoms with E-state index in [0.717, 1.165) is 0 Å². The third-order valence-corrected chi connectivity index (χ3v) is 3.32. The van der Waals surface area contributed by atoms with E-state index in [1.54, 1.807) is 24.3 Å². The summed E-state index contributed by atoms with van der Waals surface area (Å²) in [5.41, 5.74) is 6.76. The average molecular weight is 298 g/mol. The highest BCUT2D eigenvalue weighted by atomic mass is 32.2. The number of carboxylic acids is 2. The highest BCUT2D eigenvalue weighted by molar-refractivity contribution is 8.14. The number of carboxylic acid groups (broad SMARTS) is 2. The van der Waals surface area contributed by atoms with E-state index in [9.17, 15) is 14.4 Å². The molecule has 7 nitrogen and oxygen atoms in total. The van der Waals surface area contributed by atoms with Gasteiger partial charge < -0.3 is 21.3 Å². The molecule has 0 saturated heterocycles. The number of hydrogen-bond acceptors (Lipinski definition) is 6. The van der Waals surface area contributed by atoms with Crippen LogP contribution in [0, 0.1) is 0 Å². The Morgan fingerprint density at radius 2 is 1.80 bits per heavy atom. The van der Waals surface area contributed by atoms with Crippen molar-refractivity contribution in [3.8, 4) is 0 Å². The first-order valence-electron chi connectivity index (χ1n) is 5.62. The summed E-state index contributed by atoms with van der Waals surface area (Å²) in [6.45, 7) is -0.0992. The predicted molar refractivity (Wildman–Crippen MR) is 75.6 cm³/mol. The lowest BCUT2D eigenvalue weighted by molar-refractivity contribution is -0.143. The number of rotatable bonds is 7. The molecule has 8 heteroatoms. The summed E-state index contributed by atoms with van der Waals surface area (Å²) < 4.78 is 0. The first-order valence-corrected chi connectivity index (χ1v) is 6.50. The van der Waals surface area contributed by atoms with Crippen molar-refractivity contribution in [1.29, 1.82) is 0 Å². The molecule has 0 aliphatic rings. The van der Waals surface area contributed by atoms with Gasteiger partial charge in [-0.3, -0.25) is 14.4 Å². The number of thioether (sulfide) groups is 1. The van der Waals surface area contributed by atoms with Crippen LogP contribution in [-0.2, 0) is 14.4 Å². The van der Waals surface area contributed by atoms with Crippen LogP contribution in [0.2, 0.25) is 0 Å². The Morgan fingerprint density at radius 1 is 1.20 bits per heavy atom. The fraction of sp³-hybridized carbons (Fsp3) is 0.250. The van der Waals surface area contributed by atoms with E-state index in [1.807, 2.05) is 0 Å². The van der Waals surface area contributed by atoms with E-state index in [0.29, 0.717) is 23.1 Å². The van der Waals surface area contributed by atoms with Gasteiger partial charge in [0.15, 0.2) is 0 Å². The summed E-state index contributed by atoms with van der Waals surface area (Å²) >= 11 is 0.497. The highest BCUT2D eigenvalue weighted by Crippen LogP contribution is 2.17. The van der Waals surface area contributed by atoms with Crippen molar-refractivity contribution in [2.45, 2.75) is 11.7 Å². The highest BCUT2D eigenvalue weighted by Gasteiger charge is 2.24. The van der Waals surface area contributed by atoms with Crippen molar-refractivity contribution in [2.75, 3.05) is 17.6 Å².